The molecule has 4 nitrogen and oxygen atoms in total. The summed E-state index contributed by atoms with van der Waals surface area (Å²) in [7, 11) is 0. The second-order valence-electron chi connectivity index (χ2n) is 5.03. The second-order valence-corrected chi connectivity index (χ2v) is 5.95. The predicted molar refractivity (Wildman–Crippen MR) is 93.2 cm³/mol. The van der Waals surface area contributed by atoms with Gasteiger partial charge in [-0.3, -0.25) is 0 Å². The van der Waals surface area contributed by atoms with E-state index in [1.165, 1.54) is 0 Å². The summed E-state index contributed by atoms with van der Waals surface area (Å²) in [5.74, 6) is -0.595. The zero-order chi connectivity index (χ0) is 17.0. The molecular formula is C18H17BrN2O2. The van der Waals surface area contributed by atoms with E-state index in [2.05, 4.69) is 20.5 Å². The molecule has 0 bridgehead atoms. The molecule has 118 valence electrons. The van der Waals surface area contributed by atoms with Gasteiger partial charge in [-0.1, -0.05) is 22.0 Å². The molecule has 0 spiro atoms. The van der Waals surface area contributed by atoms with Crippen LogP contribution >= 0.6 is 15.9 Å². The Morgan fingerprint density at radius 1 is 1.39 bits per heavy atom. The Hall–Kier alpha value is -2.32. The highest BCUT2D eigenvalue weighted by molar-refractivity contribution is 9.10. The number of aryl methyl sites for hydroxylation is 1. The normalized spacial score (nSPS) is 11.2. The molecule has 1 aromatic heterocycles. The average molecular weight is 373 g/mol. The standard InChI is InChI=1S/C18H17BrN2O2/c1-4-23-18(22)15(11-20)9-14-8-12(2)21(13(14)3)17-7-5-6-16(19)10-17/h5-10H,4H2,1-3H3/b15-9+. The maximum Gasteiger partial charge on any atom is 0.348 e. The van der Waals surface area contributed by atoms with E-state index in [-0.39, 0.29) is 12.2 Å². The fourth-order valence-electron chi connectivity index (χ4n) is 2.45. The van der Waals surface area contributed by atoms with Gasteiger partial charge < -0.3 is 9.30 Å². The van der Waals surface area contributed by atoms with E-state index in [1.807, 2.05) is 50.2 Å². The minimum atomic E-state index is -0.595. The third-order valence-electron chi connectivity index (χ3n) is 3.45. The summed E-state index contributed by atoms with van der Waals surface area (Å²) in [4.78, 5) is 11.8. The highest BCUT2D eigenvalue weighted by atomic mass is 79.9. The fraction of sp³-hybridized carbons (Fsp3) is 0.222. The molecule has 5 heteroatoms. The van der Waals surface area contributed by atoms with Gasteiger partial charge in [-0.05, 0) is 56.7 Å². The molecule has 0 saturated carbocycles. The zero-order valence-electron chi connectivity index (χ0n) is 13.3. The summed E-state index contributed by atoms with van der Waals surface area (Å²) in [5.41, 5.74) is 3.82. The highest BCUT2D eigenvalue weighted by Crippen LogP contribution is 2.24. The Kier molecular flexibility index (Phi) is 5.41. The lowest BCUT2D eigenvalue weighted by Crippen LogP contribution is -2.06. The van der Waals surface area contributed by atoms with Crippen molar-refractivity contribution in [3.8, 4) is 11.8 Å². The number of hydrogen-bond donors (Lipinski definition) is 0. The van der Waals surface area contributed by atoms with Gasteiger partial charge in [-0.2, -0.15) is 5.26 Å². The van der Waals surface area contributed by atoms with Crippen molar-refractivity contribution in [2.24, 2.45) is 0 Å². The monoisotopic (exact) mass is 372 g/mol. The first kappa shape index (κ1) is 17.0. The fourth-order valence-corrected chi connectivity index (χ4v) is 2.83. The molecule has 2 aromatic rings. The van der Waals surface area contributed by atoms with Crippen molar-refractivity contribution in [3.63, 3.8) is 0 Å². The van der Waals surface area contributed by atoms with Gasteiger partial charge in [0.05, 0.1) is 6.61 Å². The van der Waals surface area contributed by atoms with E-state index in [4.69, 9.17) is 4.74 Å². The topological polar surface area (TPSA) is 55.0 Å². The van der Waals surface area contributed by atoms with Crippen molar-refractivity contribution in [2.75, 3.05) is 6.61 Å². The SMILES string of the molecule is CCOC(=O)/C(C#N)=C/c1cc(C)n(-c2cccc(Br)c2)c1C. The molecule has 0 fully saturated rings. The summed E-state index contributed by atoms with van der Waals surface area (Å²) in [5, 5.41) is 9.17. The summed E-state index contributed by atoms with van der Waals surface area (Å²) in [6.45, 7) is 5.91. The minimum absolute atomic E-state index is 0.00124. The van der Waals surface area contributed by atoms with Crippen molar-refractivity contribution in [3.05, 3.63) is 57.3 Å². The van der Waals surface area contributed by atoms with Crippen LogP contribution in [-0.2, 0) is 9.53 Å². The van der Waals surface area contributed by atoms with E-state index in [0.29, 0.717) is 0 Å². The molecule has 1 aromatic carbocycles. The Morgan fingerprint density at radius 2 is 2.13 bits per heavy atom. The minimum Gasteiger partial charge on any atom is -0.462 e. The number of halogens is 1. The molecule has 0 N–H and O–H groups in total. The van der Waals surface area contributed by atoms with E-state index in [0.717, 1.165) is 27.1 Å². The summed E-state index contributed by atoms with van der Waals surface area (Å²) >= 11 is 3.47. The van der Waals surface area contributed by atoms with E-state index in [9.17, 15) is 10.1 Å². The molecular weight excluding hydrogens is 356 g/mol. The maximum absolute atomic E-state index is 11.8. The van der Waals surface area contributed by atoms with Crippen molar-refractivity contribution in [1.82, 2.24) is 4.57 Å². The molecule has 2 rings (SSSR count). The van der Waals surface area contributed by atoms with Crippen LogP contribution in [0.3, 0.4) is 0 Å². The number of rotatable bonds is 4. The van der Waals surface area contributed by atoms with Crippen molar-refractivity contribution in [1.29, 1.82) is 5.26 Å². The molecule has 23 heavy (non-hydrogen) atoms. The Bertz CT molecular complexity index is 813. The average Bonchev–Trinajstić information content (AvgIpc) is 2.79. The number of esters is 1. The number of nitriles is 1. The van der Waals surface area contributed by atoms with Crippen LogP contribution in [0.5, 0.6) is 0 Å². The van der Waals surface area contributed by atoms with E-state index in [1.54, 1.807) is 13.0 Å². The van der Waals surface area contributed by atoms with Gasteiger partial charge >= 0.3 is 5.97 Å². The lowest BCUT2D eigenvalue weighted by Gasteiger charge is -2.10. The van der Waals surface area contributed by atoms with Gasteiger partial charge in [0.2, 0.25) is 0 Å². The molecule has 0 saturated heterocycles. The van der Waals surface area contributed by atoms with Crippen molar-refractivity contribution in [2.45, 2.75) is 20.8 Å². The molecule has 0 aliphatic heterocycles. The number of hydrogen-bond acceptors (Lipinski definition) is 3. The van der Waals surface area contributed by atoms with Gasteiger partial charge in [0.1, 0.15) is 11.6 Å². The third kappa shape index (κ3) is 3.72. The smallest absolute Gasteiger partial charge is 0.348 e. The molecule has 0 aliphatic carbocycles. The Labute approximate surface area is 144 Å². The summed E-state index contributed by atoms with van der Waals surface area (Å²) in [6.07, 6.45) is 1.58. The van der Waals surface area contributed by atoms with Crippen LogP contribution in [0.25, 0.3) is 11.8 Å². The molecule has 0 amide bonds. The van der Waals surface area contributed by atoms with Gasteiger partial charge in [0.25, 0.3) is 0 Å². The third-order valence-corrected chi connectivity index (χ3v) is 3.95. The number of aromatic nitrogens is 1. The van der Waals surface area contributed by atoms with E-state index < -0.39 is 5.97 Å². The van der Waals surface area contributed by atoms with Crippen LogP contribution < -0.4 is 0 Å². The van der Waals surface area contributed by atoms with Crippen LogP contribution in [0.1, 0.15) is 23.9 Å². The first-order chi connectivity index (χ1) is 11.0. The molecule has 0 unspecified atom stereocenters. The van der Waals surface area contributed by atoms with Gasteiger partial charge in [0.15, 0.2) is 0 Å². The first-order valence-electron chi connectivity index (χ1n) is 7.21. The van der Waals surface area contributed by atoms with Crippen LogP contribution in [0.15, 0.2) is 40.4 Å². The van der Waals surface area contributed by atoms with Crippen LogP contribution in [0, 0.1) is 25.2 Å². The lowest BCUT2D eigenvalue weighted by molar-refractivity contribution is -0.137. The van der Waals surface area contributed by atoms with Crippen molar-refractivity contribution >= 4 is 28.0 Å². The molecule has 1 heterocycles. The van der Waals surface area contributed by atoms with Crippen LogP contribution in [0.2, 0.25) is 0 Å². The zero-order valence-corrected chi connectivity index (χ0v) is 14.8. The van der Waals surface area contributed by atoms with Crippen LogP contribution in [0.4, 0.5) is 0 Å². The second kappa shape index (κ2) is 7.30. The molecule has 0 aliphatic rings. The first-order valence-corrected chi connectivity index (χ1v) is 8.01. The van der Waals surface area contributed by atoms with Gasteiger partial charge in [0, 0.05) is 21.5 Å². The van der Waals surface area contributed by atoms with E-state index >= 15 is 0 Å². The van der Waals surface area contributed by atoms with Gasteiger partial charge in [-0.25, -0.2) is 4.79 Å². The molecule has 0 radical (unpaired) electrons. The number of benzene rings is 1. The lowest BCUT2D eigenvalue weighted by atomic mass is 10.1. The quantitative estimate of drug-likeness (QED) is 0.456. The number of carbonyl (C=O) groups is 1. The van der Waals surface area contributed by atoms with Gasteiger partial charge in [-0.15, -0.1) is 0 Å². The predicted octanol–water partition coefficient (Wildman–Crippen LogP) is 4.33. The Balaban J connectivity index is 2.50. The largest absolute Gasteiger partial charge is 0.462 e. The summed E-state index contributed by atoms with van der Waals surface area (Å²) < 4.78 is 7.97. The number of ether oxygens (including phenoxy) is 1. The number of carbonyl (C=O) groups excluding carboxylic acids is 1. The summed E-state index contributed by atoms with van der Waals surface area (Å²) in [6, 6.07) is 11.8. The van der Waals surface area contributed by atoms with Crippen molar-refractivity contribution < 1.29 is 9.53 Å². The Morgan fingerprint density at radius 3 is 2.74 bits per heavy atom. The highest BCUT2D eigenvalue weighted by Gasteiger charge is 2.14. The maximum atomic E-state index is 11.8. The number of nitrogens with zero attached hydrogens (tertiary/aromatic N) is 2. The van der Waals surface area contributed by atoms with Crippen LogP contribution in [-0.4, -0.2) is 17.1 Å². The molecule has 0 atom stereocenters.